The number of carboxylic acid groups (broad SMARTS) is 1. The number of aromatic hydroxyl groups is 1. The number of aromatic nitrogens is 4. The zero-order chi connectivity index (χ0) is 80.7. The largest absolute Gasteiger partial charge is 0.508 e. The van der Waals surface area contributed by atoms with Gasteiger partial charge in [-0.1, -0.05) is 92.7 Å². The molecule has 0 radical (unpaired) electrons. The Labute approximate surface area is 642 Å². The van der Waals surface area contributed by atoms with Crippen LogP contribution in [0, 0.1) is 5.92 Å². The minimum Gasteiger partial charge on any atom is -0.508 e. The van der Waals surface area contributed by atoms with E-state index in [1.54, 1.807) is 105 Å². The van der Waals surface area contributed by atoms with Crippen LogP contribution in [0.15, 0.2) is 128 Å². The van der Waals surface area contributed by atoms with Crippen LogP contribution in [-0.4, -0.2) is 208 Å². The molecule has 0 bridgehead atoms. The zero-order valence-electron chi connectivity index (χ0n) is 61.3. The van der Waals surface area contributed by atoms with Gasteiger partial charge in [-0.15, -0.1) is 0 Å². The van der Waals surface area contributed by atoms with Gasteiger partial charge < -0.3 is 99.8 Å². The number of amides is 13. The Morgan fingerprint density at radius 3 is 1.43 bits per heavy atom. The van der Waals surface area contributed by atoms with Crippen molar-refractivity contribution in [2.24, 2.45) is 11.7 Å². The number of aliphatic hydroxyl groups is 1. The third-order valence-electron chi connectivity index (χ3n) is 17.6. The van der Waals surface area contributed by atoms with Gasteiger partial charge in [-0.25, -0.2) is 4.98 Å². The Hall–Kier alpha value is -11.8. The molecule has 0 fully saturated rings. The monoisotopic (exact) mass is 1560 g/mol. The number of rotatable bonds is 40. The highest BCUT2D eigenvalue weighted by molar-refractivity contribution is 7.81. The Kier molecular flexibility index (Phi) is 31.0. The summed E-state index contributed by atoms with van der Waals surface area (Å²) in [7, 11) is 0. The molecule has 3 aromatic heterocycles. The fourth-order valence-electron chi connectivity index (χ4n) is 11.8. The number of imidazole rings is 1. The van der Waals surface area contributed by atoms with E-state index in [0.29, 0.717) is 49.8 Å². The fraction of sp³-hybridized carbons (Fsp3) is 0.392. The second-order valence-corrected chi connectivity index (χ2v) is 28.9. The van der Waals surface area contributed by atoms with Crippen molar-refractivity contribution in [3.63, 3.8) is 0 Å². The maximum Gasteiger partial charge on any atom is 0.305 e. The molecule has 3 heterocycles. The fourth-order valence-corrected chi connectivity index (χ4v) is 12.2. The van der Waals surface area contributed by atoms with Gasteiger partial charge in [0.15, 0.2) is 0 Å². The molecule has 4 aromatic carbocycles. The number of nitrogens with one attached hydrogen (secondary N) is 15. The molecule has 20 N–H and O–H groups in total. The van der Waals surface area contributed by atoms with Gasteiger partial charge in [-0.2, -0.15) is 25.3 Å². The number of carboxylic acids is 1. The number of benzene rings is 4. The number of aliphatic carboxylic acids is 1. The number of carbonyl (C=O) groups excluding carboxylic acids is 13. The minimum atomic E-state index is -1.87. The van der Waals surface area contributed by atoms with Crippen molar-refractivity contribution in [1.82, 2.24) is 83.7 Å². The van der Waals surface area contributed by atoms with Gasteiger partial charge in [0.2, 0.25) is 76.8 Å². The SMILES string of the molecule is CC(=O)N[C@@H](CS)C(=O)N[C@@H](C)C(=O)N[C@@H](CC(=O)O)C(=O)N[C@@H](Cc1c[nH]c2ccccc12)C(=O)N[C@H](C(=O)N[C@H](C(=O)N[C@@H](Cc1ccc(O)cc1)C(=O)N[C@@H](Cc1c[nH]c2ccccc12)C(=O)N[C@@H](Cc1cnc[nH]1)C(=O)N[C@H](C(=O)N[C@@H](Cc1ccccc1)C(=O)NCC(N)=O)[C@@H](C)O)C(C)(C)S)C(C)C. The van der Waals surface area contributed by atoms with E-state index >= 15 is 14.4 Å². The number of thiol groups is 2. The molecule has 0 aliphatic heterocycles. The van der Waals surface area contributed by atoms with E-state index in [1.165, 1.54) is 71.4 Å². The van der Waals surface area contributed by atoms with Crippen LogP contribution in [0.3, 0.4) is 0 Å². The number of H-pyrrole nitrogens is 3. The molecule has 7 rings (SSSR count). The van der Waals surface area contributed by atoms with Crippen LogP contribution in [0.4, 0.5) is 0 Å². The van der Waals surface area contributed by atoms with Crippen molar-refractivity contribution in [2.45, 2.75) is 164 Å². The Bertz CT molecular complexity index is 4430. The van der Waals surface area contributed by atoms with Crippen molar-refractivity contribution in [3.05, 3.63) is 156 Å². The van der Waals surface area contributed by atoms with Crippen LogP contribution in [0.2, 0.25) is 0 Å². The van der Waals surface area contributed by atoms with E-state index in [-0.39, 0.29) is 43.6 Å². The molecule has 0 spiro atoms. The normalized spacial score (nSPS) is 14.6. The highest BCUT2D eigenvalue weighted by atomic mass is 32.1. The number of nitrogens with two attached hydrogens (primary N) is 1. The summed E-state index contributed by atoms with van der Waals surface area (Å²) in [4.78, 5) is 207. The Morgan fingerprint density at radius 1 is 0.491 bits per heavy atom. The lowest BCUT2D eigenvalue weighted by Gasteiger charge is -2.33. The highest BCUT2D eigenvalue weighted by Crippen LogP contribution is 2.24. The number of para-hydroxylation sites is 2. The first kappa shape index (κ1) is 85.5. The van der Waals surface area contributed by atoms with Crippen molar-refractivity contribution in [3.8, 4) is 5.75 Å². The van der Waals surface area contributed by atoms with Crippen LogP contribution < -0.4 is 69.5 Å². The maximum absolute atomic E-state index is 15.3. The molecule has 0 aliphatic carbocycles. The molecule has 588 valence electrons. The highest BCUT2D eigenvalue weighted by Gasteiger charge is 2.41. The summed E-state index contributed by atoms with van der Waals surface area (Å²) >= 11 is 8.81. The third-order valence-corrected chi connectivity index (χ3v) is 18.3. The first-order valence-electron chi connectivity index (χ1n) is 35.1. The first-order chi connectivity index (χ1) is 52.1. The molecule has 7 aromatic rings. The zero-order valence-corrected chi connectivity index (χ0v) is 63.1. The molecule has 13 amide bonds. The number of hydrogen-bond donors (Lipinski definition) is 21. The molecule has 36 heteroatoms. The lowest BCUT2D eigenvalue weighted by molar-refractivity contribution is -0.141. The number of nitrogens with zero attached hydrogens (tertiary/aromatic N) is 1. The topological polar surface area (TPSA) is 530 Å². The summed E-state index contributed by atoms with van der Waals surface area (Å²) in [6.45, 7) is 9.10. The predicted octanol–water partition coefficient (Wildman–Crippen LogP) is -1.29. The number of carbonyl (C=O) groups is 14. The quantitative estimate of drug-likeness (QED) is 0.0199. The van der Waals surface area contributed by atoms with Gasteiger partial charge in [0.25, 0.3) is 0 Å². The minimum absolute atomic E-state index is 0.102. The molecule has 0 aliphatic rings. The van der Waals surface area contributed by atoms with Gasteiger partial charge in [0.05, 0.1) is 25.4 Å². The van der Waals surface area contributed by atoms with Gasteiger partial charge in [-0.05, 0) is 80.1 Å². The molecular weight excluding hydrogens is 1460 g/mol. The number of fused-ring (bicyclic) bond motifs is 2. The summed E-state index contributed by atoms with van der Waals surface area (Å²) in [5, 5.41) is 63.2. The number of phenolic OH excluding ortho intramolecular Hbond substituents is 1. The average molecular weight is 1560 g/mol. The van der Waals surface area contributed by atoms with E-state index in [4.69, 9.17) is 18.4 Å². The molecule has 34 nitrogen and oxygen atoms in total. The van der Waals surface area contributed by atoms with Crippen molar-refractivity contribution < 1.29 is 82.4 Å². The second kappa shape index (κ2) is 39.9. The van der Waals surface area contributed by atoms with E-state index in [0.717, 1.165) is 0 Å². The molecular formula is C74H93N17O17S2. The van der Waals surface area contributed by atoms with Crippen LogP contribution >= 0.6 is 25.3 Å². The predicted molar refractivity (Wildman–Crippen MR) is 409 cm³/mol. The van der Waals surface area contributed by atoms with Gasteiger partial charge in [0.1, 0.15) is 72.2 Å². The van der Waals surface area contributed by atoms with Crippen LogP contribution in [0.5, 0.6) is 5.75 Å². The molecule has 12 atom stereocenters. The second-order valence-electron chi connectivity index (χ2n) is 27.3. The maximum atomic E-state index is 15.3. The summed E-state index contributed by atoms with van der Waals surface area (Å²) in [5.74, 6) is -14.9. The molecule has 110 heavy (non-hydrogen) atoms. The first-order valence-corrected chi connectivity index (χ1v) is 36.2. The summed E-state index contributed by atoms with van der Waals surface area (Å²) < 4.78 is -1.51. The molecule has 0 saturated carbocycles. The molecule has 0 saturated heterocycles. The van der Waals surface area contributed by atoms with Gasteiger partial charge >= 0.3 is 5.97 Å². The average Bonchev–Trinajstić information content (AvgIpc) is 1.49. The van der Waals surface area contributed by atoms with Crippen molar-refractivity contribution in [1.29, 1.82) is 0 Å². The lowest BCUT2D eigenvalue weighted by atomic mass is 9.97. The Morgan fingerprint density at radius 2 is 0.936 bits per heavy atom. The van der Waals surface area contributed by atoms with E-state index in [1.807, 2.05) is 0 Å². The summed E-state index contributed by atoms with van der Waals surface area (Å²) in [6, 6.07) is 10.8. The number of aromatic amines is 3. The van der Waals surface area contributed by atoms with Gasteiger partial charge in [-0.3, -0.25) is 67.1 Å². The van der Waals surface area contributed by atoms with Crippen molar-refractivity contribution in [2.75, 3.05) is 12.3 Å². The van der Waals surface area contributed by atoms with Crippen LogP contribution in [0.1, 0.15) is 82.8 Å². The summed E-state index contributed by atoms with van der Waals surface area (Å²) in [5.41, 5.74) is 8.80. The Balaban J connectivity index is 1.16. The van der Waals surface area contributed by atoms with E-state index in [9.17, 15) is 68.1 Å². The van der Waals surface area contributed by atoms with Crippen LogP contribution in [0.25, 0.3) is 21.8 Å². The van der Waals surface area contributed by atoms with E-state index in [2.05, 4.69) is 96.4 Å². The number of hydrogen-bond acceptors (Lipinski definition) is 19. The smallest absolute Gasteiger partial charge is 0.305 e. The number of aliphatic hydroxyl groups excluding tert-OH is 1. The number of phenols is 1. The number of primary amides is 1. The van der Waals surface area contributed by atoms with Crippen LogP contribution in [-0.2, 0) is 99.2 Å². The van der Waals surface area contributed by atoms with Crippen molar-refractivity contribution >= 4 is 130 Å². The third kappa shape index (κ3) is 25.2. The molecule has 0 unspecified atom stereocenters. The summed E-state index contributed by atoms with van der Waals surface area (Å²) in [6.07, 6.45) is 1.85. The standard InChI is InChI=1S/C74H93N17O17S2/c1-37(2)60(89-68(103)54(28-44-32-78-50-20-14-12-18-48(44)50)85-67(102)56(30-59(96)97)83-63(98)38(3)81-70(105)57(35-109)82-40(5)93)71(106)91-62(74(6,7)110)73(108)88-52(26-42-21-23-46(94)24-22-42)65(100)84-53(27-43-31-77-49-19-13-11-17-47(43)49)66(101)86-55(29-45-33-76-36-80-45)69(104)90-61(39(4)92)72(107)87-51(64(99)79-34-58(75)95)25-41-15-9-8-10-16-41/h8-24,31-33,36-39,51-57,60-62,77-78,92,94,109-110H,25-30,34-35H2,1-7H3,(H2,75,95)(H,76,80)(H,79,99)(H,81,105)(H,82,93)(H,83,98)(H,84,100)(H,85,102)(H,86,101)(H,87,107)(H,88,108)(H,89,103)(H,90,104)(H,91,106)(H,96,97)/t38-,39+,51-,52-,53-,54-,55-,56-,57-,60-,61-,62+/m0/s1. The van der Waals surface area contributed by atoms with E-state index < -0.39 is 179 Å². The van der Waals surface area contributed by atoms with Gasteiger partial charge in [0, 0.05) is 95.6 Å². The lowest BCUT2D eigenvalue weighted by Crippen LogP contribution is -2.64.